The van der Waals surface area contributed by atoms with E-state index < -0.39 is 0 Å². The average molecular weight is 309 g/mol. The molecule has 0 spiro atoms. The molecule has 1 heterocycles. The van der Waals surface area contributed by atoms with Crippen LogP contribution in [0.15, 0.2) is 47.9 Å². The molecule has 0 amide bonds. The van der Waals surface area contributed by atoms with Gasteiger partial charge in [0, 0.05) is 41.0 Å². The van der Waals surface area contributed by atoms with Gasteiger partial charge in [-0.15, -0.1) is 0 Å². The van der Waals surface area contributed by atoms with E-state index in [9.17, 15) is 0 Å². The number of aromatic nitrogens is 2. The van der Waals surface area contributed by atoms with Crippen LogP contribution < -0.4 is 10.6 Å². The highest BCUT2D eigenvalue weighted by atomic mass is 15.0. The molecular formula is C18H23N5. The fourth-order valence-corrected chi connectivity index (χ4v) is 2.31. The molecule has 0 saturated heterocycles. The van der Waals surface area contributed by atoms with Crippen molar-refractivity contribution in [1.29, 1.82) is 5.41 Å². The van der Waals surface area contributed by atoms with Gasteiger partial charge >= 0.3 is 0 Å². The van der Waals surface area contributed by atoms with Crippen molar-refractivity contribution in [3.8, 4) is 0 Å². The van der Waals surface area contributed by atoms with Crippen molar-refractivity contribution in [2.75, 3.05) is 17.2 Å². The van der Waals surface area contributed by atoms with Crippen LogP contribution in [-0.4, -0.2) is 22.7 Å². The van der Waals surface area contributed by atoms with Gasteiger partial charge in [-0.05, 0) is 32.4 Å². The van der Waals surface area contributed by atoms with Gasteiger partial charge in [-0.25, -0.2) is 9.97 Å². The van der Waals surface area contributed by atoms with Crippen LogP contribution in [-0.2, 0) is 6.42 Å². The zero-order valence-corrected chi connectivity index (χ0v) is 13.9. The largest absolute Gasteiger partial charge is 0.366 e. The lowest BCUT2D eigenvalue weighted by Gasteiger charge is -2.14. The quantitative estimate of drug-likeness (QED) is 0.680. The smallest absolute Gasteiger partial charge is 0.132 e. The van der Waals surface area contributed by atoms with E-state index in [1.165, 1.54) is 6.21 Å². The molecule has 1 aromatic carbocycles. The van der Waals surface area contributed by atoms with Crippen molar-refractivity contribution in [2.45, 2.75) is 27.2 Å². The fourth-order valence-electron chi connectivity index (χ4n) is 2.31. The topological polar surface area (TPSA) is 73.7 Å². The monoisotopic (exact) mass is 309 g/mol. The third kappa shape index (κ3) is 4.39. The molecule has 0 fully saturated rings. The Bertz CT molecular complexity index is 692. The van der Waals surface area contributed by atoms with Gasteiger partial charge in [-0.2, -0.15) is 0 Å². The zero-order chi connectivity index (χ0) is 16.7. The van der Waals surface area contributed by atoms with Gasteiger partial charge in [-0.3, -0.25) is 0 Å². The molecule has 0 atom stereocenters. The van der Waals surface area contributed by atoms with Crippen molar-refractivity contribution in [2.24, 2.45) is 0 Å². The summed E-state index contributed by atoms with van der Waals surface area (Å²) in [7, 11) is 0. The molecule has 3 N–H and O–H groups in total. The highest BCUT2D eigenvalue weighted by Crippen LogP contribution is 2.16. The van der Waals surface area contributed by atoms with Gasteiger partial charge in [0.25, 0.3) is 0 Å². The van der Waals surface area contributed by atoms with Crippen LogP contribution in [0.1, 0.15) is 25.1 Å². The van der Waals surface area contributed by atoms with E-state index in [1.807, 2.05) is 44.2 Å². The number of benzene rings is 1. The Balaban J connectivity index is 2.10. The number of rotatable bonds is 7. The Hall–Kier alpha value is -2.69. The maximum Gasteiger partial charge on any atom is 0.132 e. The van der Waals surface area contributed by atoms with Gasteiger partial charge in [-0.1, -0.05) is 25.1 Å². The Morgan fingerprint density at radius 2 is 1.96 bits per heavy atom. The van der Waals surface area contributed by atoms with E-state index in [2.05, 4.69) is 27.5 Å². The highest BCUT2D eigenvalue weighted by molar-refractivity contribution is 5.79. The Kier molecular flexibility index (Phi) is 5.86. The molecule has 0 aliphatic heterocycles. The van der Waals surface area contributed by atoms with Crippen LogP contribution in [0.3, 0.4) is 0 Å². The van der Waals surface area contributed by atoms with E-state index in [0.29, 0.717) is 6.54 Å². The van der Waals surface area contributed by atoms with E-state index in [-0.39, 0.29) is 0 Å². The lowest BCUT2D eigenvalue weighted by molar-refractivity contribution is 0.966. The molecule has 23 heavy (non-hydrogen) atoms. The second-order valence-electron chi connectivity index (χ2n) is 5.29. The van der Waals surface area contributed by atoms with E-state index in [1.54, 1.807) is 6.33 Å². The van der Waals surface area contributed by atoms with Crippen LogP contribution in [0.2, 0.25) is 0 Å². The normalized spacial score (nSPS) is 11.6. The first-order valence-electron chi connectivity index (χ1n) is 7.72. The average Bonchev–Trinajstić information content (AvgIpc) is 2.57. The standard InChI is InChI=1S/C18H23N5/c1-4-17-13(2)18(22-12-21-17)20-11-15(10-19)14(3)23-16-8-6-5-7-9-16/h5-10,12,19,23H,4,11H2,1-3H3,(H,20,21,22)/b15-14+,19-10?. The van der Waals surface area contributed by atoms with Crippen LogP contribution in [0.4, 0.5) is 11.5 Å². The molecular weight excluding hydrogens is 286 g/mol. The van der Waals surface area contributed by atoms with Gasteiger partial charge in [0.15, 0.2) is 0 Å². The minimum absolute atomic E-state index is 0.538. The first-order chi connectivity index (χ1) is 11.2. The third-order valence-corrected chi connectivity index (χ3v) is 3.73. The number of allylic oxidation sites excluding steroid dienone is 1. The number of aryl methyl sites for hydroxylation is 1. The highest BCUT2D eigenvalue weighted by Gasteiger charge is 2.07. The second kappa shape index (κ2) is 8.08. The van der Waals surface area contributed by atoms with Crippen LogP contribution >= 0.6 is 0 Å². The summed E-state index contributed by atoms with van der Waals surface area (Å²) in [5.74, 6) is 0.823. The summed E-state index contributed by atoms with van der Waals surface area (Å²) < 4.78 is 0. The minimum atomic E-state index is 0.538. The number of nitrogens with one attached hydrogen (secondary N) is 3. The molecule has 2 aromatic rings. The SMILES string of the molecule is CCc1ncnc(NC/C(C=N)=C(\C)Nc2ccccc2)c1C. The zero-order valence-electron chi connectivity index (χ0n) is 13.9. The van der Waals surface area contributed by atoms with E-state index in [0.717, 1.165) is 40.5 Å². The van der Waals surface area contributed by atoms with Crippen molar-refractivity contribution >= 4 is 17.7 Å². The number of nitrogens with zero attached hydrogens (tertiary/aromatic N) is 2. The number of hydrogen-bond donors (Lipinski definition) is 3. The number of hydrogen-bond acceptors (Lipinski definition) is 5. The summed E-state index contributed by atoms with van der Waals surface area (Å²) in [5, 5.41) is 14.3. The molecule has 0 unspecified atom stereocenters. The van der Waals surface area contributed by atoms with Gasteiger partial charge in [0.1, 0.15) is 12.1 Å². The molecule has 120 valence electrons. The Morgan fingerprint density at radius 1 is 1.22 bits per heavy atom. The second-order valence-corrected chi connectivity index (χ2v) is 5.29. The molecule has 5 nitrogen and oxygen atoms in total. The van der Waals surface area contributed by atoms with Crippen LogP contribution in [0, 0.1) is 12.3 Å². The Morgan fingerprint density at radius 3 is 2.61 bits per heavy atom. The molecule has 0 bridgehead atoms. The summed E-state index contributed by atoms with van der Waals surface area (Å²) in [6, 6.07) is 9.94. The summed E-state index contributed by atoms with van der Waals surface area (Å²) in [4.78, 5) is 8.57. The first-order valence-corrected chi connectivity index (χ1v) is 7.72. The van der Waals surface area contributed by atoms with Crippen molar-refractivity contribution in [1.82, 2.24) is 9.97 Å². The number of para-hydroxylation sites is 1. The van der Waals surface area contributed by atoms with Crippen LogP contribution in [0.5, 0.6) is 0 Å². The van der Waals surface area contributed by atoms with Crippen LogP contribution in [0.25, 0.3) is 0 Å². The molecule has 5 heteroatoms. The van der Waals surface area contributed by atoms with Crippen molar-refractivity contribution < 1.29 is 0 Å². The first kappa shape index (κ1) is 16.7. The summed E-state index contributed by atoms with van der Waals surface area (Å²) in [6.45, 7) is 6.61. The predicted octanol–water partition coefficient (Wildman–Crippen LogP) is 3.79. The Labute approximate surface area is 137 Å². The molecule has 0 radical (unpaired) electrons. The summed E-state index contributed by atoms with van der Waals surface area (Å²) in [5.41, 5.74) is 4.94. The van der Waals surface area contributed by atoms with Gasteiger partial charge in [0.2, 0.25) is 0 Å². The minimum Gasteiger partial charge on any atom is -0.366 e. The third-order valence-electron chi connectivity index (χ3n) is 3.73. The van der Waals surface area contributed by atoms with Crippen molar-refractivity contribution in [3.63, 3.8) is 0 Å². The molecule has 0 aliphatic carbocycles. The lowest BCUT2D eigenvalue weighted by Crippen LogP contribution is -2.13. The predicted molar refractivity (Wildman–Crippen MR) is 96.2 cm³/mol. The fraction of sp³-hybridized carbons (Fsp3) is 0.278. The van der Waals surface area contributed by atoms with Gasteiger partial charge in [0.05, 0.1) is 0 Å². The molecule has 2 rings (SSSR count). The summed E-state index contributed by atoms with van der Waals surface area (Å²) >= 11 is 0. The summed E-state index contributed by atoms with van der Waals surface area (Å²) in [6.07, 6.45) is 3.83. The molecule has 0 saturated carbocycles. The van der Waals surface area contributed by atoms with Gasteiger partial charge < -0.3 is 16.0 Å². The maximum absolute atomic E-state index is 7.66. The molecule has 0 aliphatic rings. The van der Waals surface area contributed by atoms with E-state index >= 15 is 0 Å². The van der Waals surface area contributed by atoms with E-state index in [4.69, 9.17) is 5.41 Å². The molecule has 1 aromatic heterocycles. The number of anilines is 2. The lowest BCUT2D eigenvalue weighted by atomic mass is 10.2. The van der Waals surface area contributed by atoms with Crippen molar-refractivity contribution in [3.05, 3.63) is 59.2 Å². The maximum atomic E-state index is 7.66.